The molecule has 104 valence electrons. The van der Waals surface area contributed by atoms with Gasteiger partial charge in [0.2, 0.25) is 0 Å². The molecule has 19 heavy (non-hydrogen) atoms. The second-order valence-electron chi connectivity index (χ2n) is 5.46. The Balaban J connectivity index is 1.67. The number of hydrogen-bond acceptors (Lipinski definition) is 3. The quantitative estimate of drug-likeness (QED) is 0.891. The summed E-state index contributed by atoms with van der Waals surface area (Å²) in [6.45, 7) is 2.28. The summed E-state index contributed by atoms with van der Waals surface area (Å²) < 4.78 is 25.1. The number of hydrogen-bond donors (Lipinski definition) is 1. The predicted molar refractivity (Wildman–Crippen MR) is 71.8 cm³/mol. The molecule has 1 aromatic rings. The molecule has 1 unspecified atom stereocenters. The average Bonchev–Trinajstić information content (AvgIpc) is 2.42. The minimum absolute atomic E-state index is 0.0561. The lowest BCUT2D eigenvalue weighted by Gasteiger charge is -2.43. The molecule has 2 heterocycles. The predicted octanol–water partition coefficient (Wildman–Crippen LogP) is 2.97. The number of benzene rings is 1. The van der Waals surface area contributed by atoms with E-state index in [9.17, 15) is 4.39 Å². The van der Waals surface area contributed by atoms with Crippen LogP contribution in [0.1, 0.15) is 25.7 Å². The molecule has 1 atom stereocenters. The highest BCUT2D eigenvalue weighted by Crippen LogP contribution is 2.35. The van der Waals surface area contributed by atoms with Gasteiger partial charge in [0.05, 0.1) is 11.3 Å². The third kappa shape index (κ3) is 2.90. The first-order valence-corrected chi connectivity index (χ1v) is 7.00. The lowest BCUT2D eigenvalue weighted by atomic mass is 9.84. The van der Waals surface area contributed by atoms with E-state index in [2.05, 4.69) is 5.32 Å². The van der Waals surface area contributed by atoms with E-state index >= 15 is 0 Å². The Labute approximate surface area is 113 Å². The van der Waals surface area contributed by atoms with Crippen LogP contribution in [-0.4, -0.2) is 31.5 Å². The largest absolute Gasteiger partial charge is 0.381 e. The number of ether oxygens (including phenoxy) is 2. The van der Waals surface area contributed by atoms with Crippen LogP contribution in [-0.2, 0) is 9.47 Å². The van der Waals surface area contributed by atoms with Gasteiger partial charge in [0, 0.05) is 25.9 Å². The molecule has 0 aromatic heterocycles. The van der Waals surface area contributed by atoms with E-state index in [1.54, 1.807) is 12.1 Å². The van der Waals surface area contributed by atoms with Crippen LogP contribution < -0.4 is 5.32 Å². The maximum absolute atomic E-state index is 13.7. The molecular weight excluding hydrogens is 245 g/mol. The van der Waals surface area contributed by atoms with Crippen LogP contribution in [0.25, 0.3) is 0 Å². The fourth-order valence-corrected chi connectivity index (χ4v) is 3.04. The van der Waals surface area contributed by atoms with E-state index in [-0.39, 0.29) is 17.5 Å². The van der Waals surface area contributed by atoms with Gasteiger partial charge in [-0.15, -0.1) is 0 Å². The van der Waals surface area contributed by atoms with Crippen LogP contribution in [0.2, 0.25) is 0 Å². The second-order valence-corrected chi connectivity index (χ2v) is 5.46. The van der Waals surface area contributed by atoms with E-state index in [0.717, 1.165) is 45.5 Å². The summed E-state index contributed by atoms with van der Waals surface area (Å²) in [5.74, 6) is -0.185. The lowest BCUT2D eigenvalue weighted by molar-refractivity contribution is -0.135. The Morgan fingerprint density at radius 3 is 2.74 bits per heavy atom. The van der Waals surface area contributed by atoms with Crippen molar-refractivity contribution in [2.75, 3.05) is 25.1 Å². The van der Waals surface area contributed by atoms with Crippen LogP contribution in [0.15, 0.2) is 24.3 Å². The highest BCUT2D eigenvalue weighted by molar-refractivity contribution is 5.45. The average molecular weight is 265 g/mol. The molecule has 2 aliphatic rings. The van der Waals surface area contributed by atoms with E-state index in [4.69, 9.17) is 9.47 Å². The number of anilines is 1. The highest BCUT2D eigenvalue weighted by atomic mass is 19.1. The van der Waals surface area contributed by atoms with Gasteiger partial charge in [0.25, 0.3) is 0 Å². The molecule has 2 saturated heterocycles. The van der Waals surface area contributed by atoms with Crippen molar-refractivity contribution in [1.82, 2.24) is 0 Å². The van der Waals surface area contributed by atoms with Crippen molar-refractivity contribution in [2.45, 2.75) is 37.3 Å². The van der Waals surface area contributed by atoms with E-state index in [1.165, 1.54) is 6.07 Å². The Hall–Kier alpha value is -1.13. The van der Waals surface area contributed by atoms with Crippen molar-refractivity contribution in [2.24, 2.45) is 0 Å². The molecule has 0 radical (unpaired) electrons. The second kappa shape index (κ2) is 5.47. The van der Waals surface area contributed by atoms with E-state index < -0.39 is 0 Å². The van der Waals surface area contributed by atoms with Gasteiger partial charge in [0.1, 0.15) is 5.82 Å². The molecule has 2 aliphatic heterocycles. The first-order valence-electron chi connectivity index (χ1n) is 7.00. The molecule has 0 bridgehead atoms. The Bertz CT molecular complexity index is 426. The van der Waals surface area contributed by atoms with Crippen LogP contribution in [0.3, 0.4) is 0 Å². The number of nitrogens with one attached hydrogen (secondary N) is 1. The summed E-state index contributed by atoms with van der Waals surface area (Å²) in [4.78, 5) is 0. The van der Waals surface area contributed by atoms with Crippen molar-refractivity contribution >= 4 is 5.69 Å². The van der Waals surface area contributed by atoms with Gasteiger partial charge in [-0.25, -0.2) is 4.39 Å². The molecule has 1 aromatic carbocycles. The summed E-state index contributed by atoms with van der Waals surface area (Å²) in [5, 5.41) is 3.32. The highest BCUT2D eigenvalue weighted by Gasteiger charge is 2.39. The summed E-state index contributed by atoms with van der Waals surface area (Å²) in [6, 6.07) is 7.14. The van der Waals surface area contributed by atoms with Crippen molar-refractivity contribution < 1.29 is 13.9 Å². The number of halogens is 1. The Morgan fingerprint density at radius 2 is 1.95 bits per heavy atom. The third-order valence-corrected chi connectivity index (χ3v) is 4.13. The summed E-state index contributed by atoms with van der Waals surface area (Å²) >= 11 is 0. The van der Waals surface area contributed by atoms with Gasteiger partial charge in [-0.2, -0.15) is 0 Å². The van der Waals surface area contributed by atoms with Gasteiger partial charge in [0.15, 0.2) is 0 Å². The molecule has 3 rings (SSSR count). The maximum Gasteiger partial charge on any atom is 0.146 e. The molecule has 0 aliphatic carbocycles. The summed E-state index contributed by atoms with van der Waals surface area (Å²) in [6.07, 6.45) is 3.76. The fourth-order valence-electron chi connectivity index (χ4n) is 3.04. The molecule has 0 saturated carbocycles. The summed E-state index contributed by atoms with van der Waals surface area (Å²) in [5.41, 5.74) is 0.538. The zero-order valence-corrected chi connectivity index (χ0v) is 11.0. The van der Waals surface area contributed by atoms with Gasteiger partial charge in [-0.05, 0) is 37.8 Å². The van der Waals surface area contributed by atoms with Crippen molar-refractivity contribution in [1.29, 1.82) is 0 Å². The van der Waals surface area contributed by atoms with E-state index in [1.807, 2.05) is 6.07 Å². The number of rotatable bonds is 2. The van der Waals surface area contributed by atoms with Crippen LogP contribution in [0.4, 0.5) is 10.1 Å². The molecule has 1 spiro atoms. The van der Waals surface area contributed by atoms with Crippen molar-refractivity contribution in [3.8, 4) is 0 Å². The minimum atomic E-state index is -0.185. The van der Waals surface area contributed by atoms with Crippen molar-refractivity contribution in [3.05, 3.63) is 30.1 Å². The van der Waals surface area contributed by atoms with Gasteiger partial charge in [-0.1, -0.05) is 12.1 Å². The molecule has 4 heteroatoms. The van der Waals surface area contributed by atoms with Gasteiger partial charge < -0.3 is 14.8 Å². The zero-order chi connectivity index (χ0) is 13.1. The Kier molecular flexibility index (Phi) is 3.71. The minimum Gasteiger partial charge on any atom is -0.381 e. The third-order valence-electron chi connectivity index (χ3n) is 4.13. The van der Waals surface area contributed by atoms with Crippen LogP contribution >= 0.6 is 0 Å². The molecule has 3 nitrogen and oxygen atoms in total. The SMILES string of the molecule is Fc1ccccc1NC1CCOC2(CCOCC2)C1. The van der Waals surface area contributed by atoms with Gasteiger partial charge >= 0.3 is 0 Å². The van der Waals surface area contributed by atoms with E-state index in [0.29, 0.717) is 5.69 Å². The molecule has 2 fully saturated rings. The standard InChI is InChI=1S/C15H20FNO2/c16-13-3-1-2-4-14(13)17-12-5-8-19-15(11-12)6-9-18-10-7-15/h1-4,12,17H,5-11H2. The molecular formula is C15H20FNO2. The lowest BCUT2D eigenvalue weighted by Crippen LogP contribution is -2.47. The topological polar surface area (TPSA) is 30.5 Å². The first-order chi connectivity index (χ1) is 9.27. The van der Waals surface area contributed by atoms with Gasteiger partial charge in [-0.3, -0.25) is 0 Å². The zero-order valence-electron chi connectivity index (χ0n) is 11.0. The first kappa shape index (κ1) is 12.9. The maximum atomic E-state index is 13.7. The monoisotopic (exact) mass is 265 g/mol. The normalized spacial score (nSPS) is 26.3. The fraction of sp³-hybridized carbons (Fsp3) is 0.600. The smallest absolute Gasteiger partial charge is 0.146 e. The van der Waals surface area contributed by atoms with Crippen LogP contribution in [0.5, 0.6) is 0 Å². The van der Waals surface area contributed by atoms with Crippen molar-refractivity contribution in [3.63, 3.8) is 0 Å². The Morgan fingerprint density at radius 1 is 1.16 bits per heavy atom. The van der Waals surface area contributed by atoms with Crippen LogP contribution in [0, 0.1) is 5.82 Å². The molecule has 1 N–H and O–H groups in total. The summed E-state index contributed by atoms with van der Waals surface area (Å²) in [7, 11) is 0. The molecule has 0 amide bonds. The number of para-hydroxylation sites is 1.